The van der Waals surface area contributed by atoms with Crippen molar-refractivity contribution in [3.8, 4) is 0 Å². The molecule has 1 saturated heterocycles. The Balaban J connectivity index is 2.13. The van der Waals surface area contributed by atoms with Crippen molar-refractivity contribution in [2.75, 3.05) is 18.4 Å². The highest BCUT2D eigenvalue weighted by Crippen LogP contribution is 2.10. The van der Waals surface area contributed by atoms with Crippen LogP contribution < -0.4 is 5.32 Å². The fraction of sp³-hybridized carbons (Fsp3) is 1.00. The first-order chi connectivity index (χ1) is 3.84. The van der Waals surface area contributed by atoms with Gasteiger partial charge in [-0.15, -0.1) is 0 Å². The van der Waals surface area contributed by atoms with Crippen LogP contribution in [0.3, 0.4) is 0 Å². The molecule has 2 nitrogen and oxygen atoms in total. The molecule has 1 rings (SSSR count). The molecular formula is C5H10BrNO. The molecular weight excluding hydrogens is 170 g/mol. The van der Waals surface area contributed by atoms with E-state index in [0.29, 0.717) is 11.2 Å². The zero-order valence-corrected chi connectivity index (χ0v) is 6.19. The van der Waals surface area contributed by atoms with Gasteiger partial charge < -0.3 is 10.4 Å². The van der Waals surface area contributed by atoms with Crippen molar-refractivity contribution in [3.63, 3.8) is 0 Å². The van der Waals surface area contributed by atoms with Crippen LogP contribution in [0.1, 0.15) is 0 Å². The lowest BCUT2D eigenvalue weighted by molar-refractivity contribution is 0.0977. The quantitative estimate of drug-likeness (QED) is 0.584. The molecule has 0 aromatic rings. The van der Waals surface area contributed by atoms with Gasteiger partial charge in [-0.25, -0.2) is 0 Å². The smallest absolute Gasteiger partial charge is 0.0689 e. The summed E-state index contributed by atoms with van der Waals surface area (Å²) in [7, 11) is 0. The van der Waals surface area contributed by atoms with Gasteiger partial charge in [-0.1, -0.05) is 15.9 Å². The lowest BCUT2D eigenvalue weighted by Gasteiger charge is -2.30. The monoisotopic (exact) mass is 179 g/mol. The van der Waals surface area contributed by atoms with E-state index in [2.05, 4.69) is 21.2 Å². The second-order valence-electron chi connectivity index (χ2n) is 2.14. The zero-order valence-electron chi connectivity index (χ0n) is 4.60. The molecule has 1 heterocycles. The van der Waals surface area contributed by atoms with Crippen molar-refractivity contribution in [2.45, 2.75) is 6.10 Å². The minimum Gasteiger partial charge on any atom is -0.392 e. The molecule has 0 saturated carbocycles. The van der Waals surface area contributed by atoms with Crippen molar-refractivity contribution in [1.29, 1.82) is 0 Å². The van der Waals surface area contributed by atoms with Crippen molar-refractivity contribution in [3.05, 3.63) is 0 Å². The molecule has 48 valence electrons. The summed E-state index contributed by atoms with van der Waals surface area (Å²) < 4.78 is 0. The van der Waals surface area contributed by atoms with Gasteiger partial charge in [-0.05, 0) is 0 Å². The SMILES string of the molecule is OC(CBr)C1CNC1. The van der Waals surface area contributed by atoms with Gasteiger partial charge in [0.2, 0.25) is 0 Å². The fourth-order valence-electron chi connectivity index (χ4n) is 0.709. The van der Waals surface area contributed by atoms with Crippen molar-refractivity contribution in [1.82, 2.24) is 5.32 Å². The average Bonchev–Trinajstić information content (AvgIpc) is 1.62. The first-order valence-corrected chi connectivity index (χ1v) is 3.91. The number of aliphatic hydroxyl groups excluding tert-OH is 1. The summed E-state index contributed by atoms with van der Waals surface area (Å²) in [4.78, 5) is 0. The van der Waals surface area contributed by atoms with E-state index >= 15 is 0 Å². The second-order valence-corrected chi connectivity index (χ2v) is 2.79. The van der Waals surface area contributed by atoms with Crippen LogP contribution in [0, 0.1) is 5.92 Å². The molecule has 8 heavy (non-hydrogen) atoms. The van der Waals surface area contributed by atoms with Crippen LogP contribution in [0.4, 0.5) is 0 Å². The van der Waals surface area contributed by atoms with Gasteiger partial charge in [0, 0.05) is 24.3 Å². The van der Waals surface area contributed by atoms with Gasteiger partial charge >= 0.3 is 0 Å². The summed E-state index contributed by atoms with van der Waals surface area (Å²) in [6.07, 6.45) is -0.142. The molecule has 0 amide bonds. The molecule has 1 fully saturated rings. The first kappa shape index (κ1) is 6.52. The van der Waals surface area contributed by atoms with Gasteiger partial charge in [-0.2, -0.15) is 0 Å². The Bertz CT molecular complexity index is 72.1. The number of alkyl halides is 1. The van der Waals surface area contributed by atoms with Crippen LogP contribution in [0.25, 0.3) is 0 Å². The topological polar surface area (TPSA) is 32.3 Å². The molecule has 0 bridgehead atoms. The Kier molecular flexibility index (Phi) is 2.28. The number of hydrogen-bond donors (Lipinski definition) is 2. The largest absolute Gasteiger partial charge is 0.392 e. The van der Waals surface area contributed by atoms with Crippen molar-refractivity contribution in [2.24, 2.45) is 5.92 Å². The van der Waals surface area contributed by atoms with Gasteiger partial charge in [0.25, 0.3) is 0 Å². The van der Waals surface area contributed by atoms with Gasteiger partial charge in [0.1, 0.15) is 0 Å². The lowest BCUT2D eigenvalue weighted by Crippen LogP contribution is -2.48. The van der Waals surface area contributed by atoms with E-state index < -0.39 is 0 Å². The molecule has 0 radical (unpaired) electrons. The highest BCUT2D eigenvalue weighted by molar-refractivity contribution is 9.09. The van der Waals surface area contributed by atoms with Crippen LogP contribution in [0.5, 0.6) is 0 Å². The third kappa shape index (κ3) is 1.21. The summed E-state index contributed by atoms with van der Waals surface area (Å²) in [5, 5.41) is 12.9. The van der Waals surface area contributed by atoms with E-state index in [-0.39, 0.29) is 6.10 Å². The number of halogens is 1. The summed E-state index contributed by atoms with van der Waals surface area (Å²) in [6.45, 7) is 1.96. The maximum absolute atomic E-state index is 9.09. The summed E-state index contributed by atoms with van der Waals surface area (Å²) >= 11 is 3.21. The predicted molar refractivity (Wildman–Crippen MR) is 36.2 cm³/mol. The van der Waals surface area contributed by atoms with E-state index in [4.69, 9.17) is 5.11 Å². The van der Waals surface area contributed by atoms with Crippen molar-refractivity contribution < 1.29 is 5.11 Å². The zero-order chi connectivity index (χ0) is 5.98. The number of hydrogen-bond acceptors (Lipinski definition) is 2. The number of aliphatic hydroxyl groups is 1. The predicted octanol–water partition coefficient (Wildman–Crippen LogP) is -0.0384. The lowest BCUT2D eigenvalue weighted by atomic mass is 9.98. The molecule has 2 N–H and O–H groups in total. The summed E-state index contributed by atoms with van der Waals surface area (Å²) in [6, 6.07) is 0. The molecule has 3 heteroatoms. The first-order valence-electron chi connectivity index (χ1n) is 2.79. The maximum atomic E-state index is 9.09. The normalized spacial score (nSPS) is 24.8. The minimum absolute atomic E-state index is 0.142. The van der Waals surface area contributed by atoms with Crippen LogP contribution in [-0.2, 0) is 0 Å². The Morgan fingerprint density at radius 1 is 1.75 bits per heavy atom. The molecule has 0 aromatic heterocycles. The van der Waals surface area contributed by atoms with E-state index in [1.165, 1.54) is 0 Å². The Labute approximate surface area is 57.4 Å². The molecule has 0 spiro atoms. The molecule has 1 aliphatic heterocycles. The van der Waals surface area contributed by atoms with Crippen molar-refractivity contribution >= 4 is 15.9 Å². The van der Waals surface area contributed by atoms with E-state index in [9.17, 15) is 0 Å². The second kappa shape index (κ2) is 2.80. The fourth-order valence-corrected chi connectivity index (χ4v) is 1.24. The average molecular weight is 180 g/mol. The van der Waals surface area contributed by atoms with E-state index in [1.54, 1.807) is 0 Å². The molecule has 1 aliphatic rings. The molecule has 1 unspecified atom stereocenters. The molecule has 0 aromatic carbocycles. The summed E-state index contributed by atoms with van der Waals surface area (Å²) in [5.41, 5.74) is 0. The van der Waals surface area contributed by atoms with Crippen LogP contribution >= 0.6 is 15.9 Å². The third-order valence-corrected chi connectivity index (χ3v) is 2.18. The molecule has 0 aliphatic carbocycles. The maximum Gasteiger partial charge on any atom is 0.0689 e. The number of nitrogens with one attached hydrogen (secondary N) is 1. The van der Waals surface area contributed by atoms with Crippen LogP contribution in [-0.4, -0.2) is 29.6 Å². The van der Waals surface area contributed by atoms with Crippen LogP contribution in [0.15, 0.2) is 0 Å². The highest BCUT2D eigenvalue weighted by Gasteiger charge is 2.23. The highest BCUT2D eigenvalue weighted by atomic mass is 79.9. The van der Waals surface area contributed by atoms with E-state index in [1.807, 2.05) is 0 Å². The van der Waals surface area contributed by atoms with E-state index in [0.717, 1.165) is 13.1 Å². The Morgan fingerprint density at radius 3 is 2.50 bits per heavy atom. The minimum atomic E-state index is -0.142. The van der Waals surface area contributed by atoms with Gasteiger partial charge in [-0.3, -0.25) is 0 Å². The number of rotatable bonds is 2. The standard InChI is InChI=1S/C5H10BrNO/c6-1-5(8)4-2-7-3-4/h4-5,7-8H,1-3H2. The molecule has 1 atom stereocenters. The van der Waals surface area contributed by atoms with Crippen LogP contribution in [0.2, 0.25) is 0 Å². The third-order valence-electron chi connectivity index (χ3n) is 1.52. The van der Waals surface area contributed by atoms with Gasteiger partial charge in [0.15, 0.2) is 0 Å². The Morgan fingerprint density at radius 2 is 2.38 bits per heavy atom. The van der Waals surface area contributed by atoms with Gasteiger partial charge in [0.05, 0.1) is 6.10 Å². The summed E-state index contributed by atoms with van der Waals surface area (Å²) in [5.74, 6) is 0.495. The Hall–Kier alpha value is 0.400.